The molecule has 0 unspecified atom stereocenters. The Kier molecular flexibility index (Phi) is 2.80. The Bertz CT molecular complexity index is 1180. The zero-order valence-corrected chi connectivity index (χ0v) is 12.6. The highest BCUT2D eigenvalue weighted by atomic mass is 19.1. The molecule has 8 nitrogen and oxygen atoms in total. The summed E-state index contributed by atoms with van der Waals surface area (Å²) in [5.74, 6) is -0.0789. The summed E-state index contributed by atoms with van der Waals surface area (Å²) in [6.45, 7) is 0. The standard InChI is InChI=1S/C16H9FN8/c17-12-11-10(6-21-13(12)8-4-18-7-19-5-8)24-25-14(11)16-22-9-2-1-3-20-15(9)23-16/h1-7H,(H,24,25)(H,20,22,23). The van der Waals surface area contributed by atoms with Gasteiger partial charge in [-0.25, -0.2) is 24.3 Å². The SMILES string of the molecule is Fc1c(-c2cncnc2)ncc2[nH]nc(-c3nc4cccnc4[nH]3)c12. The summed E-state index contributed by atoms with van der Waals surface area (Å²) in [6, 6.07) is 3.61. The number of rotatable bonds is 2. The normalized spacial score (nSPS) is 11.4. The first-order valence-corrected chi connectivity index (χ1v) is 7.40. The van der Waals surface area contributed by atoms with E-state index in [2.05, 4.69) is 40.1 Å². The molecule has 120 valence electrons. The largest absolute Gasteiger partial charge is 0.321 e. The van der Waals surface area contributed by atoms with E-state index < -0.39 is 5.82 Å². The lowest BCUT2D eigenvalue weighted by Gasteiger charge is -2.02. The molecule has 0 aliphatic rings. The van der Waals surface area contributed by atoms with Gasteiger partial charge in [0.05, 0.1) is 17.1 Å². The van der Waals surface area contributed by atoms with Crippen molar-refractivity contribution in [2.24, 2.45) is 0 Å². The molecule has 5 heterocycles. The second-order valence-electron chi connectivity index (χ2n) is 5.37. The van der Waals surface area contributed by atoms with E-state index in [0.29, 0.717) is 39.1 Å². The predicted molar refractivity (Wildman–Crippen MR) is 87.8 cm³/mol. The summed E-state index contributed by atoms with van der Waals surface area (Å²) in [7, 11) is 0. The van der Waals surface area contributed by atoms with Crippen molar-refractivity contribution in [3.63, 3.8) is 0 Å². The molecule has 0 spiro atoms. The van der Waals surface area contributed by atoms with E-state index in [-0.39, 0.29) is 5.69 Å². The summed E-state index contributed by atoms with van der Waals surface area (Å²) in [4.78, 5) is 23.7. The fourth-order valence-electron chi connectivity index (χ4n) is 2.73. The van der Waals surface area contributed by atoms with Gasteiger partial charge in [0, 0.05) is 24.2 Å². The van der Waals surface area contributed by atoms with Gasteiger partial charge in [0.2, 0.25) is 0 Å². The van der Waals surface area contributed by atoms with E-state index in [1.807, 2.05) is 6.07 Å². The second-order valence-corrected chi connectivity index (χ2v) is 5.37. The van der Waals surface area contributed by atoms with Crippen LogP contribution in [0.5, 0.6) is 0 Å². The highest BCUT2D eigenvalue weighted by Crippen LogP contribution is 2.31. The summed E-state index contributed by atoms with van der Waals surface area (Å²) >= 11 is 0. The van der Waals surface area contributed by atoms with Crippen LogP contribution in [-0.2, 0) is 0 Å². The molecule has 0 radical (unpaired) electrons. The maximum absolute atomic E-state index is 15.2. The Labute approximate surface area is 139 Å². The fraction of sp³-hybridized carbons (Fsp3) is 0. The maximum atomic E-state index is 15.2. The Morgan fingerprint density at radius 2 is 1.88 bits per heavy atom. The molecule has 0 bridgehead atoms. The molecule has 5 aromatic heterocycles. The Balaban J connectivity index is 1.77. The third-order valence-corrected chi connectivity index (χ3v) is 3.86. The van der Waals surface area contributed by atoms with Crippen molar-refractivity contribution in [1.29, 1.82) is 0 Å². The summed E-state index contributed by atoms with van der Waals surface area (Å²) in [5.41, 5.74) is 2.78. The van der Waals surface area contributed by atoms with E-state index in [9.17, 15) is 0 Å². The quantitative estimate of drug-likeness (QED) is 0.514. The van der Waals surface area contributed by atoms with E-state index in [4.69, 9.17) is 0 Å². The number of hydrogen-bond donors (Lipinski definition) is 2. The molecule has 9 heteroatoms. The van der Waals surface area contributed by atoms with Gasteiger partial charge in [0.25, 0.3) is 0 Å². The molecule has 0 amide bonds. The van der Waals surface area contributed by atoms with Crippen LogP contribution in [0.4, 0.5) is 4.39 Å². The molecule has 2 N–H and O–H groups in total. The summed E-state index contributed by atoms with van der Waals surface area (Å²) < 4.78 is 15.2. The minimum absolute atomic E-state index is 0.157. The molecule has 0 aliphatic carbocycles. The smallest absolute Gasteiger partial charge is 0.161 e. The summed E-state index contributed by atoms with van der Waals surface area (Å²) in [6.07, 6.45) is 7.58. The van der Waals surface area contributed by atoms with E-state index in [1.54, 1.807) is 12.3 Å². The van der Waals surface area contributed by atoms with Gasteiger partial charge in [0.15, 0.2) is 17.3 Å². The van der Waals surface area contributed by atoms with Gasteiger partial charge in [-0.3, -0.25) is 10.1 Å². The fourth-order valence-corrected chi connectivity index (χ4v) is 2.73. The number of fused-ring (bicyclic) bond motifs is 2. The average molecular weight is 332 g/mol. The number of halogens is 1. The number of imidazole rings is 1. The highest BCUT2D eigenvalue weighted by Gasteiger charge is 2.20. The number of pyridine rings is 2. The van der Waals surface area contributed by atoms with Crippen LogP contribution in [0.1, 0.15) is 0 Å². The van der Waals surface area contributed by atoms with Crippen LogP contribution >= 0.6 is 0 Å². The van der Waals surface area contributed by atoms with Crippen molar-refractivity contribution in [2.75, 3.05) is 0 Å². The first kappa shape index (κ1) is 13.7. The molecule has 25 heavy (non-hydrogen) atoms. The number of aromatic amines is 2. The number of hydrogen-bond acceptors (Lipinski definition) is 6. The predicted octanol–water partition coefficient (Wildman–Crippen LogP) is 2.49. The number of H-pyrrole nitrogens is 2. The second kappa shape index (κ2) is 5.13. The van der Waals surface area contributed by atoms with Crippen molar-refractivity contribution in [3.05, 3.63) is 49.1 Å². The molecule has 0 fully saturated rings. The van der Waals surface area contributed by atoms with Crippen molar-refractivity contribution >= 4 is 22.1 Å². The molecule has 0 saturated carbocycles. The maximum Gasteiger partial charge on any atom is 0.161 e. The zero-order valence-electron chi connectivity index (χ0n) is 12.6. The molecule has 0 aromatic carbocycles. The van der Waals surface area contributed by atoms with Crippen LogP contribution in [0.25, 0.3) is 44.8 Å². The lowest BCUT2D eigenvalue weighted by molar-refractivity contribution is 0.638. The van der Waals surface area contributed by atoms with Gasteiger partial charge >= 0.3 is 0 Å². The highest BCUT2D eigenvalue weighted by molar-refractivity contribution is 5.94. The van der Waals surface area contributed by atoms with Crippen LogP contribution in [0.15, 0.2) is 43.2 Å². The van der Waals surface area contributed by atoms with Gasteiger partial charge in [-0.15, -0.1) is 0 Å². The van der Waals surface area contributed by atoms with Crippen molar-refractivity contribution in [2.45, 2.75) is 0 Å². The molecular weight excluding hydrogens is 323 g/mol. The Hall–Kier alpha value is -3.75. The van der Waals surface area contributed by atoms with Crippen LogP contribution in [0, 0.1) is 5.82 Å². The molecule has 0 atom stereocenters. The third kappa shape index (κ3) is 2.06. The Morgan fingerprint density at radius 3 is 2.72 bits per heavy atom. The lowest BCUT2D eigenvalue weighted by atomic mass is 10.1. The molecular formula is C16H9FN8. The Morgan fingerprint density at radius 1 is 1.00 bits per heavy atom. The van der Waals surface area contributed by atoms with Crippen molar-refractivity contribution in [3.8, 4) is 22.8 Å². The van der Waals surface area contributed by atoms with Gasteiger partial charge in [-0.2, -0.15) is 5.10 Å². The van der Waals surface area contributed by atoms with Crippen molar-refractivity contribution < 1.29 is 4.39 Å². The van der Waals surface area contributed by atoms with Gasteiger partial charge in [-0.05, 0) is 12.1 Å². The monoisotopic (exact) mass is 332 g/mol. The van der Waals surface area contributed by atoms with E-state index in [1.165, 1.54) is 24.9 Å². The minimum Gasteiger partial charge on any atom is -0.321 e. The first-order valence-electron chi connectivity index (χ1n) is 7.40. The average Bonchev–Trinajstić information content (AvgIpc) is 3.27. The van der Waals surface area contributed by atoms with Crippen molar-refractivity contribution in [1.82, 2.24) is 40.1 Å². The topological polar surface area (TPSA) is 109 Å². The summed E-state index contributed by atoms with van der Waals surface area (Å²) in [5, 5.41) is 7.28. The van der Waals surface area contributed by atoms with Crippen LogP contribution < -0.4 is 0 Å². The number of aromatic nitrogens is 8. The molecule has 5 rings (SSSR count). The first-order chi connectivity index (χ1) is 12.3. The van der Waals surface area contributed by atoms with E-state index in [0.717, 1.165) is 0 Å². The number of nitrogens with zero attached hydrogens (tertiary/aromatic N) is 6. The van der Waals surface area contributed by atoms with Crippen LogP contribution in [0.3, 0.4) is 0 Å². The van der Waals surface area contributed by atoms with Gasteiger partial charge in [-0.1, -0.05) is 0 Å². The molecule has 0 saturated heterocycles. The molecule has 0 aliphatic heterocycles. The lowest BCUT2D eigenvalue weighted by Crippen LogP contribution is -1.93. The van der Waals surface area contributed by atoms with Crippen LogP contribution in [0.2, 0.25) is 0 Å². The number of nitrogens with one attached hydrogen (secondary N) is 2. The third-order valence-electron chi connectivity index (χ3n) is 3.86. The molecule has 5 aromatic rings. The zero-order chi connectivity index (χ0) is 16.8. The van der Waals surface area contributed by atoms with Gasteiger partial charge in [0.1, 0.15) is 23.2 Å². The van der Waals surface area contributed by atoms with Crippen LogP contribution in [-0.4, -0.2) is 40.1 Å². The van der Waals surface area contributed by atoms with Gasteiger partial charge < -0.3 is 4.98 Å². The minimum atomic E-state index is -0.510. The van der Waals surface area contributed by atoms with E-state index >= 15 is 4.39 Å².